The maximum Gasteiger partial charge on any atom is 0.0371 e. The molecular formula is C18H24N2. The number of nitrogens with zero attached hydrogens (tertiary/aromatic N) is 1. The number of nitrogen functional groups attached to an aromatic ring is 1. The third-order valence-electron chi connectivity index (χ3n) is 3.78. The van der Waals surface area contributed by atoms with Crippen LogP contribution in [-0.2, 0) is 6.42 Å². The van der Waals surface area contributed by atoms with Crippen LogP contribution in [0.3, 0.4) is 0 Å². The van der Waals surface area contributed by atoms with Crippen molar-refractivity contribution in [3.8, 4) is 0 Å². The van der Waals surface area contributed by atoms with Crippen molar-refractivity contribution in [3.63, 3.8) is 0 Å². The summed E-state index contributed by atoms with van der Waals surface area (Å²) in [7, 11) is 0. The van der Waals surface area contributed by atoms with E-state index in [-0.39, 0.29) is 0 Å². The number of anilines is 2. The molecule has 2 rings (SSSR count). The second-order valence-electron chi connectivity index (χ2n) is 5.38. The van der Waals surface area contributed by atoms with Crippen molar-refractivity contribution in [1.82, 2.24) is 0 Å². The Labute approximate surface area is 122 Å². The minimum absolute atomic E-state index is 0.423. The largest absolute Gasteiger partial charge is 0.399 e. The second-order valence-corrected chi connectivity index (χ2v) is 5.38. The molecule has 0 aliphatic carbocycles. The Bertz CT molecular complexity index is 563. The Hall–Kier alpha value is -1.96. The Morgan fingerprint density at radius 3 is 2.50 bits per heavy atom. The molecule has 2 aromatic rings. The van der Waals surface area contributed by atoms with Gasteiger partial charge in [0.15, 0.2) is 0 Å². The molecule has 0 radical (unpaired) electrons. The third kappa shape index (κ3) is 3.32. The summed E-state index contributed by atoms with van der Waals surface area (Å²) in [5.41, 5.74) is 10.8. The molecule has 0 heterocycles. The maximum atomic E-state index is 6.05. The van der Waals surface area contributed by atoms with E-state index in [1.807, 2.05) is 12.1 Å². The molecular weight excluding hydrogens is 244 g/mol. The van der Waals surface area contributed by atoms with E-state index in [1.165, 1.54) is 16.8 Å². The predicted molar refractivity (Wildman–Crippen MR) is 88.2 cm³/mol. The highest BCUT2D eigenvalue weighted by atomic mass is 15.1. The lowest BCUT2D eigenvalue weighted by Crippen LogP contribution is -2.34. The SMILES string of the molecule is CCN(c1cccc(C)c1)C(C)Cc1ccccc1N. The average molecular weight is 268 g/mol. The number of likely N-dealkylation sites (N-methyl/N-ethyl adjacent to an activating group) is 1. The molecule has 2 nitrogen and oxygen atoms in total. The van der Waals surface area contributed by atoms with Gasteiger partial charge in [0.05, 0.1) is 0 Å². The van der Waals surface area contributed by atoms with E-state index in [0.29, 0.717) is 6.04 Å². The monoisotopic (exact) mass is 268 g/mol. The lowest BCUT2D eigenvalue weighted by atomic mass is 10.0. The molecule has 0 aliphatic rings. The van der Waals surface area contributed by atoms with Crippen molar-refractivity contribution in [2.75, 3.05) is 17.2 Å². The molecule has 20 heavy (non-hydrogen) atoms. The maximum absolute atomic E-state index is 6.05. The highest BCUT2D eigenvalue weighted by molar-refractivity contribution is 5.51. The van der Waals surface area contributed by atoms with Gasteiger partial charge >= 0.3 is 0 Å². The van der Waals surface area contributed by atoms with Crippen LogP contribution in [0.4, 0.5) is 11.4 Å². The van der Waals surface area contributed by atoms with Crippen LogP contribution in [0.25, 0.3) is 0 Å². The first-order valence-corrected chi connectivity index (χ1v) is 7.28. The fourth-order valence-electron chi connectivity index (χ4n) is 2.70. The van der Waals surface area contributed by atoms with Crippen molar-refractivity contribution in [2.45, 2.75) is 33.2 Å². The van der Waals surface area contributed by atoms with Gasteiger partial charge in [0, 0.05) is 24.0 Å². The van der Waals surface area contributed by atoms with Gasteiger partial charge in [-0.2, -0.15) is 0 Å². The lowest BCUT2D eigenvalue weighted by molar-refractivity contribution is 0.646. The average Bonchev–Trinajstić information content (AvgIpc) is 2.42. The third-order valence-corrected chi connectivity index (χ3v) is 3.78. The van der Waals surface area contributed by atoms with E-state index in [0.717, 1.165) is 18.7 Å². The fourth-order valence-corrected chi connectivity index (χ4v) is 2.70. The molecule has 0 saturated heterocycles. The molecule has 1 unspecified atom stereocenters. The van der Waals surface area contributed by atoms with E-state index in [9.17, 15) is 0 Å². The molecule has 106 valence electrons. The van der Waals surface area contributed by atoms with Crippen LogP contribution in [0.15, 0.2) is 48.5 Å². The summed E-state index contributed by atoms with van der Waals surface area (Å²) in [5.74, 6) is 0. The van der Waals surface area contributed by atoms with E-state index in [4.69, 9.17) is 5.73 Å². The van der Waals surface area contributed by atoms with Crippen LogP contribution in [0.2, 0.25) is 0 Å². The first kappa shape index (κ1) is 14.4. The number of nitrogens with two attached hydrogens (primary N) is 1. The highest BCUT2D eigenvalue weighted by Crippen LogP contribution is 2.22. The zero-order valence-corrected chi connectivity index (χ0v) is 12.6. The Morgan fingerprint density at radius 2 is 1.85 bits per heavy atom. The van der Waals surface area contributed by atoms with Gasteiger partial charge in [0.25, 0.3) is 0 Å². The number of aryl methyl sites for hydroxylation is 1. The summed E-state index contributed by atoms with van der Waals surface area (Å²) in [4.78, 5) is 2.43. The minimum Gasteiger partial charge on any atom is -0.399 e. The lowest BCUT2D eigenvalue weighted by Gasteiger charge is -2.31. The number of benzene rings is 2. The normalized spacial score (nSPS) is 12.2. The molecule has 0 aromatic heterocycles. The van der Waals surface area contributed by atoms with Gasteiger partial charge in [0.1, 0.15) is 0 Å². The van der Waals surface area contributed by atoms with Gasteiger partial charge in [-0.1, -0.05) is 30.3 Å². The van der Waals surface area contributed by atoms with E-state index in [1.54, 1.807) is 0 Å². The zero-order valence-electron chi connectivity index (χ0n) is 12.6. The van der Waals surface area contributed by atoms with E-state index >= 15 is 0 Å². The first-order valence-electron chi connectivity index (χ1n) is 7.28. The second kappa shape index (κ2) is 6.47. The summed E-state index contributed by atoms with van der Waals surface area (Å²) in [6, 6.07) is 17.2. The van der Waals surface area contributed by atoms with Gasteiger partial charge < -0.3 is 10.6 Å². The fraction of sp³-hybridized carbons (Fsp3) is 0.333. The van der Waals surface area contributed by atoms with Gasteiger partial charge in [0.2, 0.25) is 0 Å². The van der Waals surface area contributed by atoms with Crippen molar-refractivity contribution in [2.24, 2.45) is 0 Å². The molecule has 0 aliphatic heterocycles. The van der Waals surface area contributed by atoms with Crippen molar-refractivity contribution >= 4 is 11.4 Å². The summed E-state index contributed by atoms with van der Waals surface area (Å²) in [5, 5.41) is 0. The van der Waals surface area contributed by atoms with Gasteiger partial charge in [-0.25, -0.2) is 0 Å². The molecule has 2 heteroatoms. The van der Waals surface area contributed by atoms with Crippen LogP contribution in [0, 0.1) is 6.92 Å². The number of hydrogen-bond donors (Lipinski definition) is 1. The van der Waals surface area contributed by atoms with Crippen LogP contribution in [0.1, 0.15) is 25.0 Å². The molecule has 2 N–H and O–H groups in total. The van der Waals surface area contributed by atoms with Crippen molar-refractivity contribution in [3.05, 3.63) is 59.7 Å². The van der Waals surface area contributed by atoms with Crippen LogP contribution < -0.4 is 10.6 Å². The minimum atomic E-state index is 0.423. The van der Waals surface area contributed by atoms with Crippen LogP contribution in [-0.4, -0.2) is 12.6 Å². The number of para-hydroxylation sites is 1. The van der Waals surface area contributed by atoms with Crippen LogP contribution in [0.5, 0.6) is 0 Å². The summed E-state index contributed by atoms with van der Waals surface area (Å²) >= 11 is 0. The Morgan fingerprint density at radius 1 is 1.10 bits per heavy atom. The summed E-state index contributed by atoms with van der Waals surface area (Å²) < 4.78 is 0. The Kier molecular flexibility index (Phi) is 4.67. The number of rotatable bonds is 5. The van der Waals surface area contributed by atoms with E-state index in [2.05, 4.69) is 62.1 Å². The summed E-state index contributed by atoms with van der Waals surface area (Å²) in [6.07, 6.45) is 0.967. The molecule has 0 fully saturated rings. The molecule has 0 saturated carbocycles. The van der Waals surface area contributed by atoms with Gasteiger partial charge in [-0.3, -0.25) is 0 Å². The smallest absolute Gasteiger partial charge is 0.0371 e. The summed E-state index contributed by atoms with van der Waals surface area (Å²) in [6.45, 7) is 7.60. The van der Waals surface area contributed by atoms with Crippen molar-refractivity contribution in [1.29, 1.82) is 0 Å². The molecule has 0 bridgehead atoms. The molecule has 2 aromatic carbocycles. The standard InChI is InChI=1S/C18H24N2/c1-4-20(17-10-7-8-14(2)12-17)15(3)13-16-9-5-6-11-18(16)19/h5-12,15H,4,13,19H2,1-3H3. The molecule has 0 amide bonds. The van der Waals surface area contributed by atoms with E-state index < -0.39 is 0 Å². The molecule has 1 atom stereocenters. The zero-order chi connectivity index (χ0) is 14.5. The quantitative estimate of drug-likeness (QED) is 0.829. The Balaban J connectivity index is 2.17. The first-order chi connectivity index (χ1) is 9.61. The predicted octanol–water partition coefficient (Wildman–Crippen LogP) is 4.03. The van der Waals surface area contributed by atoms with Gasteiger partial charge in [-0.15, -0.1) is 0 Å². The van der Waals surface area contributed by atoms with Crippen molar-refractivity contribution < 1.29 is 0 Å². The topological polar surface area (TPSA) is 29.3 Å². The molecule has 0 spiro atoms. The number of hydrogen-bond acceptors (Lipinski definition) is 2. The highest BCUT2D eigenvalue weighted by Gasteiger charge is 2.14. The van der Waals surface area contributed by atoms with Gasteiger partial charge in [-0.05, 0) is 56.5 Å². The van der Waals surface area contributed by atoms with Crippen LogP contribution >= 0.6 is 0 Å².